The van der Waals surface area contributed by atoms with Gasteiger partial charge in [-0.2, -0.15) is 0 Å². The van der Waals surface area contributed by atoms with Crippen LogP contribution in [0, 0.1) is 0 Å². The van der Waals surface area contributed by atoms with E-state index >= 15 is 0 Å². The van der Waals surface area contributed by atoms with Crippen molar-refractivity contribution in [2.24, 2.45) is 5.73 Å². The molecule has 0 aromatic heterocycles. The molecule has 0 amide bonds. The van der Waals surface area contributed by atoms with Crippen molar-refractivity contribution in [1.82, 2.24) is 4.90 Å². The third-order valence-electron chi connectivity index (χ3n) is 3.62. The van der Waals surface area contributed by atoms with Crippen molar-refractivity contribution in [3.63, 3.8) is 0 Å². The van der Waals surface area contributed by atoms with Crippen LogP contribution < -0.4 is 5.73 Å². The van der Waals surface area contributed by atoms with Gasteiger partial charge in [-0.3, -0.25) is 4.90 Å². The van der Waals surface area contributed by atoms with Gasteiger partial charge < -0.3 is 15.2 Å². The minimum atomic E-state index is 0.0226. The molecule has 0 aliphatic carbocycles. The molecule has 0 aliphatic rings. The van der Waals surface area contributed by atoms with Gasteiger partial charge in [0.05, 0.1) is 13.2 Å². The molecule has 21 heavy (non-hydrogen) atoms. The first kappa shape index (κ1) is 18.1. The molecule has 0 bridgehead atoms. The number of aryl methyl sites for hydroxylation is 1. The van der Waals surface area contributed by atoms with Crippen LogP contribution in [-0.2, 0) is 15.9 Å². The SMILES string of the molecule is CCCc1ccc(C(N)CN(CCOC)CCOC)cc1. The Hall–Kier alpha value is -0.940. The summed E-state index contributed by atoms with van der Waals surface area (Å²) in [6.07, 6.45) is 2.30. The highest BCUT2D eigenvalue weighted by Gasteiger charge is 2.12. The van der Waals surface area contributed by atoms with Gasteiger partial charge in [0.15, 0.2) is 0 Å². The summed E-state index contributed by atoms with van der Waals surface area (Å²) in [5.74, 6) is 0. The largest absolute Gasteiger partial charge is 0.383 e. The second kappa shape index (κ2) is 10.7. The van der Waals surface area contributed by atoms with Gasteiger partial charge in [-0.15, -0.1) is 0 Å². The molecule has 4 heteroatoms. The van der Waals surface area contributed by atoms with E-state index in [0.29, 0.717) is 13.2 Å². The van der Waals surface area contributed by atoms with E-state index in [4.69, 9.17) is 15.2 Å². The van der Waals surface area contributed by atoms with Crippen LogP contribution in [0.2, 0.25) is 0 Å². The first-order valence-electron chi connectivity index (χ1n) is 7.75. The predicted molar refractivity (Wildman–Crippen MR) is 87.6 cm³/mol. The molecule has 2 N–H and O–H groups in total. The lowest BCUT2D eigenvalue weighted by molar-refractivity contribution is 0.110. The molecule has 0 saturated carbocycles. The molecule has 1 unspecified atom stereocenters. The number of nitrogens with two attached hydrogens (primary N) is 1. The van der Waals surface area contributed by atoms with Gasteiger partial charge in [-0.1, -0.05) is 37.6 Å². The molecule has 0 aliphatic heterocycles. The second-order valence-corrected chi connectivity index (χ2v) is 5.38. The van der Waals surface area contributed by atoms with E-state index in [9.17, 15) is 0 Å². The minimum Gasteiger partial charge on any atom is -0.383 e. The zero-order valence-electron chi connectivity index (χ0n) is 13.7. The molecule has 0 spiro atoms. The van der Waals surface area contributed by atoms with Crippen LogP contribution in [0.1, 0.15) is 30.5 Å². The number of nitrogens with zero attached hydrogens (tertiary/aromatic N) is 1. The maximum atomic E-state index is 6.34. The van der Waals surface area contributed by atoms with E-state index in [1.807, 2.05) is 0 Å². The fraction of sp³-hybridized carbons (Fsp3) is 0.647. The third kappa shape index (κ3) is 7.05. The number of hydrogen-bond acceptors (Lipinski definition) is 4. The zero-order valence-corrected chi connectivity index (χ0v) is 13.7. The highest BCUT2D eigenvalue weighted by molar-refractivity contribution is 5.25. The first-order valence-corrected chi connectivity index (χ1v) is 7.75. The molecule has 1 aromatic rings. The van der Waals surface area contributed by atoms with Crippen LogP contribution in [0.5, 0.6) is 0 Å². The van der Waals surface area contributed by atoms with Crippen molar-refractivity contribution in [2.45, 2.75) is 25.8 Å². The highest BCUT2D eigenvalue weighted by Crippen LogP contribution is 2.14. The summed E-state index contributed by atoms with van der Waals surface area (Å²) in [6, 6.07) is 8.70. The van der Waals surface area contributed by atoms with Gasteiger partial charge in [-0.25, -0.2) is 0 Å². The number of ether oxygens (including phenoxy) is 2. The zero-order chi connectivity index (χ0) is 15.5. The van der Waals surface area contributed by atoms with Gasteiger partial charge >= 0.3 is 0 Å². The van der Waals surface area contributed by atoms with Crippen LogP contribution in [-0.4, -0.2) is 52.0 Å². The van der Waals surface area contributed by atoms with Crippen molar-refractivity contribution >= 4 is 0 Å². The molecule has 1 atom stereocenters. The summed E-state index contributed by atoms with van der Waals surface area (Å²) < 4.78 is 10.3. The fourth-order valence-corrected chi connectivity index (χ4v) is 2.34. The van der Waals surface area contributed by atoms with Gasteiger partial charge in [0.2, 0.25) is 0 Å². The van der Waals surface area contributed by atoms with E-state index in [2.05, 4.69) is 36.1 Å². The summed E-state index contributed by atoms with van der Waals surface area (Å²) in [5, 5.41) is 0. The van der Waals surface area contributed by atoms with Crippen molar-refractivity contribution < 1.29 is 9.47 Å². The Kier molecular flexibility index (Phi) is 9.26. The smallest absolute Gasteiger partial charge is 0.0589 e. The standard InChI is InChI=1S/C17H30N2O2/c1-4-5-15-6-8-16(9-7-15)17(18)14-19(10-12-20-2)11-13-21-3/h6-9,17H,4-5,10-14,18H2,1-3H3. The maximum absolute atomic E-state index is 6.34. The van der Waals surface area contributed by atoms with Crippen molar-refractivity contribution in [3.8, 4) is 0 Å². The van der Waals surface area contributed by atoms with Gasteiger partial charge in [-0.05, 0) is 17.5 Å². The maximum Gasteiger partial charge on any atom is 0.0589 e. The number of methoxy groups -OCH3 is 2. The topological polar surface area (TPSA) is 47.7 Å². The van der Waals surface area contributed by atoms with E-state index in [0.717, 1.165) is 26.1 Å². The second-order valence-electron chi connectivity index (χ2n) is 5.38. The normalized spacial score (nSPS) is 12.8. The van der Waals surface area contributed by atoms with Crippen LogP contribution in [0.3, 0.4) is 0 Å². The quantitative estimate of drug-likeness (QED) is 0.680. The van der Waals surface area contributed by atoms with E-state index in [1.165, 1.54) is 17.5 Å². The number of rotatable bonds is 11. The summed E-state index contributed by atoms with van der Waals surface area (Å²) >= 11 is 0. The third-order valence-corrected chi connectivity index (χ3v) is 3.62. The average Bonchev–Trinajstić information content (AvgIpc) is 2.51. The molecule has 0 fully saturated rings. The van der Waals surface area contributed by atoms with E-state index in [-0.39, 0.29) is 6.04 Å². The average molecular weight is 294 g/mol. The molecule has 0 saturated heterocycles. The monoisotopic (exact) mass is 294 g/mol. The number of benzene rings is 1. The molecule has 120 valence electrons. The van der Waals surface area contributed by atoms with Gasteiger partial charge in [0.25, 0.3) is 0 Å². The minimum absolute atomic E-state index is 0.0226. The molecular weight excluding hydrogens is 264 g/mol. The Morgan fingerprint density at radius 3 is 2.10 bits per heavy atom. The fourth-order valence-electron chi connectivity index (χ4n) is 2.34. The lowest BCUT2D eigenvalue weighted by atomic mass is 10.0. The molecule has 1 rings (SSSR count). The van der Waals surface area contributed by atoms with E-state index in [1.54, 1.807) is 14.2 Å². The van der Waals surface area contributed by atoms with Crippen LogP contribution in [0.25, 0.3) is 0 Å². The Balaban J connectivity index is 2.55. The lowest BCUT2D eigenvalue weighted by Gasteiger charge is -2.25. The van der Waals surface area contributed by atoms with Crippen LogP contribution in [0.15, 0.2) is 24.3 Å². The Morgan fingerprint density at radius 2 is 1.62 bits per heavy atom. The molecular formula is C17H30N2O2. The van der Waals surface area contributed by atoms with Crippen LogP contribution in [0.4, 0.5) is 0 Å². The van der Waals surface area contributed by atoms with Crippen molar-refractivity contribution in [1.29, 1.82) is 0 Å². The van der Waals surface area contributed by atoms with Gasteiger partial charge in [0, 0.05) is 39.9 Å². The van der Waals surface area contributed by atoms with Crippen molar-refractivity contribution in [2.75, 3.05) is 47.1 Å². The predicted octanol–water partition coefficient (Wildman–Crippen LogP) is 2.23. The Labute approximate surface area is 129 Å². The number of hydrogen-bond donors (Lipinski definition) is 1. The Morgan fingerprint density at radius 1 is 1.05 bits per heavy atom. The highest BCUT2D eigenvalue weighted by atomic mass is 16.5. The molecule has 4 nitrogen and oxygen atoms in total. The van der Waals surface area contributed by atoms with Crippen LogP contribution >= 0.6 is 0 Å². The molecule has 1 aromatic carbocycles. The first-order chi connectivity index (χ1) is 10.2. The molecule has 0 heterocycles. The molecule has 0 radical (unpaired) electrons. The van der Waals surface area contributed by atoms with Crippen molar-refractivity contribution in [3.05, 3.63) is 35.4 Å². The summed E-state index contributed by atoms with van der Waals surface area (Å²) in [4.78, 5) is 2.29. The summed E-state index contributed by atoms with van der Waals surface area (Å²) in [5.41, 5.74) is 8.91. The summed E-state index contributed by atoms with van der Waals surface area (Å²) in [6.45, 7) is 6.20. The lowest BCUT2D eigenvalue weighted by Crippen LogP contribution is -2.36. The Bertz CT molecular complexity index is 360. The van der Waals surface area contributed by atoms with E-state index < -0.39 is 0 Å². The summed E-state index contributed by atoms with van der Waals surface area (Å²) in [7, 11) is 3.45. The van der Waals surface area contributed by atoms with Gasteiger partial charge in [0.1, 0.15) is 0 Å².